The molecule has 2 heteroatoms. The van der Waals surface area contributed by atoms with Gasteiger partial charge in [-0.05, 0) is 42.5 Å². The van der Waals surface area contributed by atoms with Gasteiger partial charge < -0.3 is 4.74 Å². The van der Waals surface area contributed by atoms with Gasteiger partial charge in [-0.3, -0.25) is 0 Å². The molecule has 1 nitrogen and oxygen atoms in total. The van der Waals surface area contributed by atoms with E-state index in [4.69, 9.17) is 4.74 Å². The maximum absolute atomic E-state index is 13.6. The van der Waals surface area contributed by atoms with Crippen molar-refractivity contribution in [3.8, 4) is 5.75 Å². The third-order valence-corrected chi connectivity index (χ3v) is 2.77. The summed E-state index contributed by atoms with van der Waals surface area (Å²) in [7, 11) is 1.61. The average molecular weight is 210 g/mol. The van der Waals surface area contributed by atoms with E-state index in [1.807, 2.05) is 6.07 Å². The highest BCUT2D eigenvalue weighted by atomic mass is 19.1. The SMILES string of the molecule is CCCC(CC)c1cc(OC)ccc1F. The summed E-state index contributed by atoms with van der Waals surface area (Å²) in [6.45, 7) is 4.22. The molecule has 0 fully saturated rings. The molecule has 1 rings (SSSR count). The van der Waals surface area contributed by atoms with Crippen LogP contribution < -0.4 is 4.74 Å². The Morgan fingerprint density at radius 3 is 2.60 bits per heavy atom. The Balaban J connectivity index is 2.98. The van der Waals surface area contributed by atoms with Crippen LogP contribution in [0.3, 0.4) is 0 Å². The molecule has 0 bridgehead atoms. The van der Waals surface area contributed by atoms with Crippen molar-refractivity contribution in [2.75, 3.05) is 7.11 Å². The minimum atomic E-state index is -0.115. The lowest BCUT2D eigenvalue weighted by atomic mass is 9.91. The molecular formula is C13H19FO. The van der Waals surface area contributed by atoms with E-state index in [0.29, 0.717) is 5.92 Å². The molecule has 0 aliphatic heterocycles. The van der Waals surface area contributed by atoms with Crippen molar-refractivity contribution in [1.29, 1.82) is 0 Å². The highest BCUT2D eigenvalue weighted by Crippen LogP contribution is 2.29. The number of hydrogen-bond donors (Lipinski definition) is 0. The van der Waals surface area contributed by atoms with Crippen molar-refractivity contribution in [2.45, 2.75) is 39.0 Å². The summed E-state index contributed by atoms with van der Waals surface area (Å²) in [5.74, 6) is 0.933. The summed E-state index contributed by atoms with van der Waals surface area (Å²) in [6.07, 6.45) is 3.08. The fourth-order valence-electron chi connectivity index (χ4n) is 1.89. The number of methoxy groups -OCH3 is 1. The summed E-state index contributed by atoms with van der Waals surface area (Å²) >= 11 is 0. The molecule has 0 spiro atoms. The second-order valence-electron chi connectivity index (χ2n) is 3.78. The van der Waals surface area contributed by atoms with Crippen molar-refractivity contribution in [1.82, 2.24) is 0 Å². The van der Waals surface area contributed by atoms with Gasteiger partial charge in [0.15, 0.2) is 0 Å². The van der Waals surface area contributed by atoms with E-state index in [0.717, 1.165) is 30.6 Å². The minimum Gasteiger partial charge on any atom is -0.497 e. The quantitative estimate of drug-likeness (QED) is 0.710. The molecular weight excluding hydrogens is 191 g/mol. The normalized spacial score (nSPS) is 12.5. The van der Waals surface area contributed by atoms with Crippen LogP contribution in [0, 0.1) is 5.82 Å². The van der Waals surface area contributed by atoms with Crippen LogP contribution in [-0.4, -0.2) is 7.11 Å². The van der Waals surface area contributed by atoms with E-state index in [1.165, 1.54) is 6.07 Å². The average Bonchev–Trinajstić information content (AvgIpc) is 2.27. The van der Waals surface area contributed by atoms with Crippen molar-refractivity contribution >= 4 is 0 Å². The monoisotopic (exact) mass is 210 g/mol. The molecule has 0 radical (unpaired) electrons. The zero-order valence-electron chi connectivity index (χ0n) is 9.72. The number of halogens is 1. The zero-order valence-corrected chi connectivity index (χ0v) is 9.72. The fraction of sp³-hybridized carbons (Fsp3) is 0.538. The summed E-state index contributed by atoms with van der Waals surface area (Å²) in [5, 5.41) is 0. The Kier molecular flexibility index (Phi) is 4.60. The number of rotatable bonds is 5. The molecule has 1 aromatic carbocycles. The molecule has 0 saturated heterocycles. The highest BCUT2D eigenvalue weighted by Gasteiger charge is 2.13. The highest BCUT2D eigenvalue weighted by molar-refractivity contribution is 5.32. The molecule has 0 amide bonds. The fourth-order valence-corrected chi connectivity index (χ4v) is 1.89. The van der Waals surface area contributed by atoms with Gasteiger partial charge in [-0.15, -0.1) is 0 Å². The molecule has 15 heavy (non-hydrogen) atoms. The van der Waals surface area contributed by atoms with E-state index >= 15 is 0 Å². The first-order valence-corrected chi connectivity index (χ1v) is 5.56. The first-order chi connectivity index (χ1) is 7.22. The van der Waals surface area contributed by atoms with Crippen molar-refractivity contribution in [3.05, 3.63) is 29.6 Å². The lowest BCUT2D eigenvalue weighted by molar-refractivity contribution is 0.411. The number of benzene rings is 1. The van der Waals surface area contributed by atoms with Gasteiger partial charge in [0.25, 0.3) is 0 Å². The van der Waals surface area contributed by atoms with Crippen molar-refractivity contribution in [2.24, 2.45) is 0 Å². The Morgan fingerprint density at radius 2 is 2.07 bits per heavy atom. The van der Waals surface area contributed by atoms with Crippen molar-refractivity contribution in [3.63, 3.8) is 0 Å². The van der Waals surface area contributed by atoms with E-state index in [2.05, 4.69) is 13.8 Å². The van der Waals surface area contributed by atoms with E-state index < -0.39 is 0 Å². The molecule has 0 heterocycles. The lowest BCUT2D eigenvalue weighted by Crippen LogP contribution is -2.01. The Morgan fingerprint density at radius 1 is 1.33 bits per heavy atom. The van der Waals surface area contributed by atoms with E-state index in [1.54, 1.807) is 13.2 Å². The van der Waals surface area contributed by atoms with Crippen LogP contribution >= 0.6 is 0 Å². The molecule has 0 saturated carbocycles. The standard InChI is InChI=1S/C13H19FO/c1-4-6-10(5-2)12-9-11(15-3)7-8-13(12)14/h7-10H,4-6H2,1-3H3. The van der Waals surface area contributed by atoms with Gasteiger partial charge in [0.2, 0.25) is 0 Å². The second kappa shape index (κ2) is 5.74. The third-order valence-electron chi connectivity index (χ3n) is 2.77. The maximum atomic E-state index is 13.6. The molecule has 1 unspecified atom stereocenters. The number of ether oxygens (including phenoxy) is 1. The Bertz CT molecular complexity index is 309. The largest absolute Gasteiger partial charge is 0.497 e. The minimum absolute atomic E-state index is 0.115. The zero-order chi connectivity index (χ0) is 11.3. The van der Waals surface area contributed by atoms with Gasteiger partial charge in [-0.2, -0.15) is 0 Å². The van der Waals surface area contributed by atoms with E-state index in [-0.39, 0.29) is 5.82 Å². The molecule has 84 valence electrons. The van der Waals surface area contributed by atoms with Crippen LogP contribution in [0.1, 0.15) is 44.6 Å². The number of hydrogen-bond acceptors (Lipinski definition) is 1. The molecule has 0 N–H and O–H groups in total. The second-order valence-corrected chi connectivity index (χ2v) is 3.78. The van der Waals surface area contributed by atoms with Crippen LogP contribution in [0.4, 0.5) is 4.39 Å². The van der Waals surface area contributed by atoms with Crippen LogP contribution in [0.15, 0.2) is 18.2 Å². The maximum Gasteiger partial charge on any atom is 0.126 e. The van der Waals surface area contributed by atoms with Crippen molar-refractivity contribution < 1.29 is 9.13 Å². The Hall–Kier alpha value is -1.05. The van der Waals surface area contributed by atoms with Crippen LogP contribution in [0.2, 0.25) is 0 Å². The predicted octanol–water partition coefficient (Wildman–Crippen LogP) is 4.13. The molecule has 1 aromatic rings. The van der Waals surface area contributed by atoms with Gasteiger partial charge in [0.05, 0.1) is 7.11 Å². The van der Waals surface area contributed by atoms with Crippen LogP contribution in [-0.2, 0) is 0 Å². The van der Waals surface area contributed by atoms with Gasteiger partial charge in [0, 0.05) is 0 Å². The first-order valence-electron chi connectivity index (χ1n) is 5.56. The van der Waals surface area contributed by atoms with Crippen LogP contribution in [0.25, 0.3) is 0 Å². The van der Waals surface area contributed by atoms with Gasteiger partial charge in [-0.1, -0.05) is 20.3 Å². The third kappa shape index (κ3) is 2.95. The topological polar surface area (TPSA) is 9.23 Å². The Labute approximate surface area is 91.3 Å². The smallest absolute Gasteiger partial charge is 0.126 e. The first kappa shape index (κ1) is 12.0. The molecule has 0 aliphatic carbocycles. The summed E-state index contributed by atoms with van der Waals surface area (Å²) < 4.78 is 18.7. The molecule has 0 aliphatic rings. The summed E-state index contributed by atoms with van der Waals surface area (Å²) in [5.41, 5.74) is 0.790. The van der Waals surface area contributed by atoms with E-state index in [9.17, 15) is 4.39 Å². The van der Waals surface area contributed by atoms with Gasteiger partial charge in [-0.25, -0.2) is 4.39 Å². The van der Waals surface area contributed by atoms with Crippen LogP contribution in [0.5, 0.6) is 5.75 Å². The molecule has 0 aromatic heterocycles. The van der Waals surface area contributed by atoms with Gasteiger partial charge >= 0.3 is 0 Å². The van der Waals surface area contributed by atoms with Gasteiger partial charge in [0.1, 0.15) is 11.6 Å². The lowest BCUT2D eigenvalue weighted by Gasteiger charge is -2.16. The molecule has 1 atom stereocenters. The summed E-state index contributed by atoms with van der Waals surface area (Å²) in [6, 6.07) is 4.98. The summed E-state index contributed by atoms with van der Waals surface area (Å²) in [4.78, 5) is 0. The predicted molar refractivity (Wildman–Crippen MR) is 60.9 cm³/mol.